The number of sulfonamides is 1. The molecule has 28 heavy (non-hydrogen) atoms. The second kappa shape index (κ2) is 8.94. The van der Waals surface area contributed by atoms with Crippen LogP contribution in [0.25, 0.3) is 0 Å². The molecule has 0 saturated heterocycles. The maximum Gasteiger partial charge on any atom is 0.402 e. The largest absolute Gasteiger partial charge is 0.492 e. The van der Waals surface area contributed by atoms with Gasteiger partial charge in [0.15, 0.2) is 5.13 Å². The fraction of sp³-hybridized carbons (Fsp3) is 0.286. The molecule has 2 amide bonds. The van der Waals surface area contributed by atoms with Crippen LogP contribution in [0.2, 0.25) is 4.34 Å². The van der Waals surface area contributed by atoms with E-state index in [9.17, 15) is 26.4 Å². The van der Waals surface area contributed by atoms with Gasteiger partial charge < -0.3 is 10.1 Å². The Bertz CT molecular complexity index is 950. The molecule has 8 nitrogen and oxygen atoms in total. The molecule has 0 unspecified atom stereocenters. The first kappa shape index (κ1) is 22.2. The number of amides is 2. The molecule has 0 spiro atoms. The summed E-state index contributed by atoms with van der Waals surface area (Å²) in [7, 11) is -4.46. The summed E-state index contributed by atoms with van der Waals surface area (Å²) in [6, 6.07) is 2.50. The molecular weight excluding hydrogens is 445 g/mol. The Morgan fingerprint density at radius 1 is 1.32 bits per heavy atom. The zero-order valence-corrected chi connectivity index (χ0v) is 16.5. The van der Waals surface area contributed by atoms with Gasteiger partial charge in [-0.1, -0.05) is 22.9 Å². The second-order valence-corrected chi connectivity index (χ2v) is 8.51. The molecule has 0 fully saturated rings. The summed E-state index contributed by atoms with van der Waals surface area (Å²) >= 11 is 6.71. The number of nitrogens with zero attached hydrogens (tertiary/aromatic N) is 1. The fourth-order valence-electron chi connectivity index (χ4n) is 1.88. The molecule has 0 aliphatic carbocycles. The van der Waals surface area contributed by atoms with Crippen molar-refractivity contribution >= 4 is 49.8 Å². The minimum Gasteiger partial charge on any atom is -0.492 e. The van der Waals surface area contributed by atoms with Crippen LogP contribution in [0.3, 0.4) is 0 Å². The number of thiazole rings is 1. The number of halogens is 4. The van der Waals surface area contributed by atoms with Gasteiger partial charge in [-0.05, 0) is 25.1 Å². The van der Waals surface area contributed by atoms with E-state index in [1.165, 1.54) is 17.0 Å². The van der Waals surface area contributed by atoms with Crippen LogP contribution in [0.15, 0.2) is 29.3 Å². The molecule has 1 aromatic heterocycles. The Morgan fingerprint density at radius 3 is 2.61 bits per heavy atom. The Balaban J connectivity index is 2.23. The molecular formula is C14H14ClF3N4O4S2. The van der Waals surface area contributed by atoms with Gasteiger partial charge in [0.05, 0.1) is 23.4 Å². The Hall–Kier alpha value is -2.09. The van der Waals surface area contributed by atoms with Crippen molar-refractivity contribution in [3.05, 3.63) is 28.7 Å². The number of hydrogen-bond donors (Lipinski definition) is 3. The smallest absolute Gasteiger partial charge is 0.402 e. The van der Waals surface area contributed by atoms with E-state index in [0.717, 1.165) is 23.5 Å². The molecule has 154 valence electrons. The number of urea groups is 1. The van der Waals surface area contributed by atoms with Gasteiger partial charge in [-0.15, -0.1) is 0 Å². The molecule has 14 heteroatoms. The Labute approximate surface area is 167 Å². The van der Waals surface area contributed by atoms with Gasteiger partial charge in [-0.25, -0.2) is 22.9 Å². The van der Waals surface area contributed by atoms with Crippen molar-refractivity contribution < 1.29 is 31.1 Å². The van der Waals surface area contributed by atoms with E-state index in [0.29, 0.717) is 4.34 Å². The number of rotatable bonds is 7. The number of alkyl halides is 3. The van der Waals surface area contributed by atoms with Crippen LogP contribution in [0, 0.1) is 0 Å². The maximum atomic E-state index is 12.3. The van der Waals surface area contributed by atoms with Crippen molar-refractivity contribution in [1.29, 1.82) is 0 Å². The summed E-state index contributed by atoms with van der Waals surface area (Å²) in [6.07, 6.45) is -3.39. The molecule has 0 bridgehead atoms. The van der Waals surface area contributed by atoms with Crippen molar-refractivity contribution in [1.82, 2.24) is 9.71 Å². The molecule has 0 saturated carbocycles. The lowest BCUT2D eigenvalue weighted by atomic mass is 10.3. The van der Waals surface area contributed by atoms with Crippen LogP contribution in [0.5, 0.6) is 5.75 Å². The molecule has 0 aliphatic rings. The third kappa shape index (κ3) is 6.51. The monoisotopic (exact) mass is 458 g/mol. The molecule has 0 atom stereocenters. The summed E-state index contributed by atoms with van der Waals surface area (Å²) in [6.45, 7) is 0.143. The highest BCUT2D eigenvalue weighted by molar-refractivity contribution is 7.89. The van der Waals surface area contributed by atoms with E-state index < -0.39 is 33.7 Å². The van der Waals surface area contributed by atoms with Crippen molar-refractivity contribution in [3.63, 3.8) is 0 Å². The number of aromatic nitrogens is 1. The second-order valence-electron chi connectivity index (χ2n) is 5.08. The van der Waals surface area contributed by atoms with Crippen LogP contribution in [0.1, 0.15) is 6.92 Å². The summed E-state index contributed by atoms with van der Waals surface area (Å²) in [5, 5.41) is 4.95. The number of ether oxygens (including phenoxy) is 1. The average molecular weight is 459 g/mol. The first-order chi connectivity index (χ1) is 13.0. The molecule has 3 N–H and O–H groups in total. The van der Waals surface area contributed by atoms with E-state index in [-0.39, 0.29) is 23.2 Å². The zero-order valence-electron chi connectivity index (χ0n) is 14.1. The lowest BCUT2D eigenvalue weighted by molar-refractivity contribution is -0.121. The third-order valence-electron chi connectivity index (χ3n) is 2.97. The highest BCUT2D eigenvalue weighted by atomic mass is 35.5. The van der Waals surface area contributed by atoms with Crippen LogP contribution < -0.4 is 20.1 Å². The van der Waals surface area contributed by atoms with Gasteiger partial charge in [0.25, 0.3) is 0 Å². The summed E-state index contributed by atoms with van der Waals surface area (Å²) in [5.41, 5.74) is -0.0584. The number of anilines is 2. The molecule has 2 aromatic rings. The molecule has 0 aliphatic heterocycles. The van der Waals surface area contributed by atoms with Gasteiger partial charge >= 0.3 is 12.2 Å². The molecule has 1 heterocycles. The standard InChI is InChI=1S/C14H14ClF3N4O4S2/c1-2-26-10-4-3-8(28(24,25)20-7-14(16,17)18)5-9(10)21-12(23)22-13-19-6-11(15)27-13/h3-6,20H,2,7H2,1H3,(H2,19,21,22,23). The number of hydrogen-bond acceptors (Lipinski definition) is 6. The number of nitrogens with one attached hydrogen (secondary N) is 3. The summed E-state index contributed by atoms with van der Waals surface area (Å²) < 4.78 is 68.1. The minimum absolute atomic E-state index is 0.0584. The number of carbonyl (C=O) groups is 1. The lowest BCUT2D eigenvalue weighted by Gasteiger charge is -2.14. The first-order valence-electron chi connectivity index (χ1n) is 7.53. The topological polar surface area (TPSA) is 109 Å². The highest BCUT2D eigenvalue weighted by Gasteiger charge is 2.30. The molecule has 2 rings (SSSR count). The predicted octanol–water partition coefficient (Wildman–Crippen LogP) is 3.68. The van der Waals surface area contributed by atoms with Crippen molar-refractivity contribution in [2.45, 2.75) is 18.0 Å². The van der Waals surface area contributed by atoms with Gasteiger partial charge in [0.1, 0.15) is 16.6 Å². The summed E-state index contributed by atoms with van der Waals surface area (Å²) in [5.74, 6) is 0.129. The average Bonchev–Trinajstić information content (AvgIpc) is 2.99. The molecule has 1 aromatic carbocycles. The third-order valence-corrected chi connectivity index (χ3v) is 5.40. The van der Waals surface area contributed by atoms with Crippen molar-refractivity contribution in [3.8, 4) is 5.75 Å². The fourth-order valence-corrected chi connectivity index (χ4v) is 3.73. The predicted molar refractivity (Wildman–Crippen MR) is 98.6 cm³/mol. The van der Waals surface area contributed by atoms with Gasteiger partial charge in [-0.3, -0.25) is 5.32 Å². The van der Waals surface area contributed by atoms with E-state index in [2.05, 4.69) is 15.6 Å². The van der Waals surface area contributed by atoms with E-state index >= 15 is 0 Å². The minimum atomic E-state index is -4.71. The Morgan fingerprint density at radius 2 is 2.04 bits per heavy atom. The number of benzene rings is 1. The quantitative estimate of drug-likeness (QED) is 0.586. The van der Waals surface area contributed by atoms with E-state index in [1.807, 2.05) is 0 Å². The van der Waals surface area contributed by atoms with E-state index in [1.54, 1.807) is 6.92 Å². The van der Waals surface area contributed by atoms with Crippen LogP contribution in [-0.2, 0) is 10.0 Å². The Kier molecular flexibility index (Phi) is 7.09. The summed E-state index contributed by atoms with van der Waals surface area (Å²) in [4.78, 5) is 15.5. The zero-order chi connectivity index (χ0) is 20.9. The van der Waals surface area contributed by atoms with Gasteiger partial charge in [-0.2, -0.15) is 13.2 Å². The number of carbonyl (C=O) groups excluding carboxylic acids is 1. The van der Waals surface area contributed by atoms with Crippen LogP contribution in [0.4, 0.5) is 28.8 Å². The van der Waals surface area contributed by atoms with Crippen LogP contribution in [-0.4, -0.2) is 38.8 Å². The SMILES string of the molecule is CCOc1ccc(S(=O)(=O)NCC(F)(F)F)cc1NC(=O)Nc1ncc(Cl)s1. The van der Waals surface area contributed by atoms with Crippen LogP contribution >= 0.6 is 22.9 Å². The molecule has 0 radical (unpaired) electrons. The van der Waals surface area contributed by atoms with Crippen molar-refractivity contribution in [2.75, 3.05) is 23.8 Å². The maximum absolute atomic E-state index is 12.3. The highest BCUT2D eigenvalue weighted by Crippen LogP contribution is 2.29. The van der Waals surface area contributed by atoms with Gasteiger partial charge in [0, 0.05) is 0 Å². The first-order valence-corrected chi connectivity index (χ1v) is 10.2. The van der Waals surface area contributed by atoms with E-state index in [4.69, 9.17) is 16.3 Å². The van der Waals surface area contributed by atoms with Gasteiger partial charge in [0.2, 0.25) is 10.0 Å². The normalized spacial score (nSPS) is 11.9. The van der Waals surface area contributed by atoms with Crippen molar-refractivity contribution in [2.24, 2.45) is 0 Å². The lowest BCUT2D eigenvalue weighted by Crippen LogP contribution is -2.33.